The van der Waals surface area contributed by atoms with E-state index in [1.165, 1.54) is 24.0 Å². The van der Waals surface area contributed by atoms with E-state index in [1.807, 2.05) is 52.0 Å². The number of hydrogen-bond acceptors (Lipinski definition) is 2. The lowest BCUT2D eigenvalue weighted by atomic mass is 9.97. The molecule has 2 unspecified atom stereocenters. The van der Waals surface area contributed by atoms with Crippen molar-refractivity contribution >= 4 is 5.78 Å². The monoisotopic (exact) mass is 435 g/mol. The lowest BCUT2D eigenvalue weighted by Crippen LogP contribution is -1.96. The molecule has 0 spiro atoms. The van der Waals surface area contributed by atoms with Gasteiger partial charge in [-0.2, -0.15) is 5.26 Å². The van der Waals surface area contributed by atoms with Crippen LogP contribution in [0.1, 0.15) is 108 Å². The zero-order valence-electron chi connectivity index (χ0n) is 22.0. The van der Waals surface area contributed by atoms with Crippen LogP contribution in [0, 0.1) is 22.7 Å². The molecule has 0 radical (unpaired) electrons. The minimum Gasteiger partial charge on any atom is -0.295 e. The SMILES string of the molecule is CC.CC.CCC1[C@H](c2ccc(CC#N)cc2)C1(C)CC.CCc1ccc(C(C)=O)cc1. The summed E-state index contributed by atoms with van der Waals surface area (Å²) in [6, 6.07) is 18.6. The molecular formula is C30H45NO. The van der Waals surface area contributed by atoms with Gasteiger partial charge in [-0.3, -0.25) is 4.79 Å². The minimum atomic E-state index is 0.132. The number of hydrogen-bond donors (Lipinski definition) is 0. The lowest BCUT2D eigenvalue weighted by Gasteiger charge is -2.08. The van der Waals surface area contributed by atoms with Crippen LogP contribution >= 0.6 is 0 Å². The lowest BCUT2D eigenvalue weighted by molar-refractivity contribution is 0.101. The Balaban J connectivity index is 0.000000555. The van der Waals surface area contributed by atoms with E-state index in [0.29, 0.717) is 11.8 Å². The van der Waals surface area contributed by atoms with E-state index in [0.717, 1.165) is 29.4 Å². The van der Waals surface area contributed by atoms with Gasteiger partial charge in [0.1, 0.15) is 0 Å². The van der Waals surface area contributed by atoms with Gasteiger partial charge in [-0.15, -0.1) is 0 Å². The molecule has 3 rings (SSSR count). The Hall–Kier alpha value is -2.40. The molecule has 2 nitrogen and oxygen atoms in total. The first-order chi connectivity index (χ1) is 15.4. The first-order valence-electron chi connectivity index (χ1n) is 12.5. The van der Waals surface area contributed by atoms with Gasteiger partial charge in [0.2, 0.25) is 0 Å². The second-order valence-corrected chi connectivity index (χ2v) is 8.03. The van der Waals surface area contributed by atoms with E-state index in [2.05, 4.69) is 58.0 Å². The standard InChI is InChI=1S/C16H21N.C10H12O.2C2H6/c1-4-14-15(16(14,3)5-2)13-8-6-12(7-9-13)10-11-17;1-3-9-4-6-10(7-5-9)8(2)11;2*1-2/h6-9,14-15H,4-5,10H2,1-3H3;4-7H,3H2,1-2H3;2*1-2H3/t14?,15-,16?;;;/m0.../s1. The topological polar surface area (TPSA) is 40.9 Å². The van der Waals surface area contributed by atoms with Gasteiger partial charge in [0, 0.05) is 5.56 Å². The zero-order valence-corrected chi connectivity index (χ0v) is 22.0. The maximum Gasteiger partial charge on any atom is 0.159 e. The number of benzene rings is 2. The quantitative estimate of drug-likeness (QED) is 0.425. The second-order valence-electron chi connectivity index (χ2n) is 8.03. The summed E-state index contributed by atoms with van der Waals surface area (Å²) >= 11 is 0. The second kappa shape index (κ2) is 15.4. The Bertz CT molecular complexity index is 813. The number of Topliss-reactive ketones (excluding diaryl/α,β-unsaturated/α-hetero) is 1. The van der Waals surface area contributed by atoms with E-state index in [4.69, 9.17) is 5.26 Å². The van der Waals surface area contributed by atoms with Crippen LogP contribution in [-0.2, 0) is 12.8 Å². The van der Waals surface area contributed by atoms with Crippen molar-refractivity contribution < 1.29 is 4.79 Å². The molecule has 2 aromatic rings. The first-order valence-corrected chi connectivity index (χ1v) is 12.5. The molecule has 0 heterocycles. The van der Waals surface area contributed by atoms with Crippen LogP contribution < -0.4 is 0 Å². The van der Waals surface area contributed by atoms with Crippen molar-refractivity contribution in [2.45, 2.75) is 93.9 Å². The van der Waals surface area contributed by atoms with Crippen LogP contribution in [0.4, 0.5) is 0 Å². The molecule has 3 atom stereocenters. The number of rotatable bonds is 6. The summed E-state index contributed by atoms with van der Waals surface area (Å²) in [5.41, 5.74) is 5.16. The molecule has 1 aliphatic rings. The third-order valence-electron chi connectivity index (χ3n) is 6.44. The molecule has 0 bridgehead atoms. The maximum atomic E-state index is 10.8. The van der Waals surface area contributed by atoms with Gasteiger partial charge in [0.15, 0.2) is 5.78 Å². The molecule has 0 N–H and O–H groups in total. The van der Waals surface area contributed by atoms with Gasteiger partial charge in [0.25, 0.3) is 0 Å². The van der Waals surface area contributed by atoms with Crippen LogP contribution in [-0.4, -0.2) is 5.78 Å². The third-order valence-corrected chi connectivity index (χ3v) is 6.44. The average molecular weight is 436 g/mol. The van der Waals surface area contributed by atoms with Gasteiger partial charge < -0.3 is 0 Å². The van der Waals surface area contributed by atoms with E-state index in [9.17, 15) is 4.79 Å². The number of carbonyl (C=O) groups excluding carboxylic acids is 1. The van der Waals surface area contributed by atoms with E-state index in [-0.39, 0.29) is 5.78 Å². The maximum absolute atomic E-state index is 10.8. The Morgan fingerprint density at radius 3 is 1.75 bits per heavy atom. The third kappa shape index (κ3) is 7.94. The number of ketones is 1. The predicted molar refractivity (Wildman–Crippen MR) is 139 cm³/mol. The molecule has 0 aromatic heterocycles. The van der Waals surface area contributed by atoms with Crippen LogP contribution in [0.5, 0.6) is 0 Å². The highest BCUT2D eigenvalue weighted by molar-refractivity contribution is 5.93. The van der Waals surface area contributed by atoms with Crippen molar-refractivity contribution in [3.05, 3.63) is 70.8 Å². The number of aryl methyl sites for hydroxylation is 1. The summed E-state index contributed by atoms with van der Waals surface area (Å²) in [5.74, 6) is 1.70. The summed E-state index contributed by atoms with van der Waals surface area (Å²) in [7, 11) is 0. The summed E-state index contributed by atoms with van der Waals surface area (Å²) in [4.78, 5) is 10.8. The molecule has 1 saturated carbocycles. The van der Waals surface area contributed by atoms with Crippen molar-refractivity contribution in [3.8, 4) is 6.07 Å². The van der Waals surface area contributed by atoms with Crippen molar-refractivity contribution in [1.29, 1.82) is 5.26 Å². The molecule has 1 fully saturated rings. The fraction of sp³-hybridized carbons (Fsp3) is 0.533. The van der Waals surface area contributed by atoms with Crippen LogP contribution in [0.15, 0.2) is 48.5 Å². The van der Waals surface area contributed by atoms with Gasteiger partial charge in [-0.1, -0.05) is 110 Å². The Morgan fingerprint density at radius 2 is 1.41 bits per heavy atom. The molecule has 1 aliphatic carbocycles. The van der Waals surface area contributed by atoms with Crippen molar-refractivity contribution in [1.82, 2.24) is 0 Å². The largest absolute Gasteiger partial charge is 0.295 e. The molecule has 0 saturated heterocycles. The molecule has 0 aliphatic heterocycles. The van der Waals surface area contributed by atoms with Gasteiger partial charge >= 0.3 is 0 Å². The molecule has 32 heavy (non-hydrogen) atoms. The minimum absolute atomic E-state index is 0.132. The zero-order chi connectivity index (χ0) is 24.7. The van der Waals surface area contributed by atoms with E-state index in [1.54, 1.807) is 6.92 Å². The molecule has 176 valence electrons. The highest BCUT2D eigenvalue weighted by Crippen LogP contribution is 2.67. The van der Waals surface area contributed by atoms with E-state index < -0.39 is 0 Å². The number of nitriles is 1. The first kappa shape index (κ1) is 29.6. The van der Waals surface area contributed by atoms with Crippen LogP contribution in [0.2, 0.25) is 0 Å². The summed E-state index contributed by atoms with van der Waals surface area (Å²) in [6.07, 6.45) is 4.08. The fourth-order valence-electron chi connectivity index (χ4n) is 4.37. The normalized spacial score (nSPS) is 20.1. The van der Waals surface area contributed by atoms with E-state index >= 15 is 0 Å². The van der Waals surface area contributed by atoms with Crippen LogP contribution in [0.3, 0.4) is 0 Å². The number of nitrogens with zero attached hydrogens (tertiary/aromatic N) is 1. The van der Waals surface area contributed by atoms with Crippen molar-refractivity contribution in [2.24, 2.45) is 11.3 Å². The van der Waals surface area contributed by atoms with Crippen molar-refractivity contribution in [2.75, 3.05) is 0 Å². The molecule has 2 heteroatoms. The average Bonchev–Trinajstić information content (AvgIpc) is 3.47. The number of carbonyl (C=O) groups is 1. The molecule has 0 amide bonds. The van der Waals surface area contributed by atoms with Gasteiger partial charge in [-0.05, 0) is 53.7 Å². The summed E-state index contributed by atoms with van der Waals surface area (Å²) < 4.78 is 0. The molecule has 2 aromatic carbocycles. The highest BCUT2D eigenvalue weighted by atomic mass is 16.1. The summed E-state index contributed by atoms with van der Waals surface area (Å²) in [6.45, 7) is 18.7. The Morgan fingerprint density at radius 1 is 0.906 bits per heavy atom. The predicted octanol–water partition coefficient (Wildman–Crippen LogP) is 8.80. The van der Waals surface area contributed by atoms with Crippen LogP contribution in [0.25, 0.3) is 0 Å². The Kier molecular flexibility index (Phi) is 14.3. The fourth-order valence-corrected chi connectivity index (χ4v) is 4.37. The van der Waals surface area contributed by atoms with Crippen molar-refractivity contribution in [3.63, 3.8) is 0 Å². The van der Waals surface area contributed by atoms with Gasteiger partial charge in [0.05, 0.1) is 12.5 Å². The summed E-state index contributed by atoms with van der Waals surface area (Å²) in [5, 5.41) is 8.66. The smallest absolute Gasteiger partial charge is 0.159 e. The van der Waals surface area contributed by atoms with Gasteiger partial charge in [-0.25, -0.2) is 0 Å². The Labute approximate surface area is 198 Å². The highest BCUT2D eigenvalue weighted by Gasteiger charge is 2.58. The molecular weight excluding hydrogens is 390 g/mol.